The molecule has 0 radical (unpaired) electrons. The van der Waals surface area contributed by atoms with Gasteiger partial charge in [-0.25, -0.2) is 8.42 Å². The van der Waals surface area contributed by atoms with Crippen LogP contribution in [0.25, 0.3) is 0 Å². The zero-order chi connectivity index (χ0) is 16.0. The van der Waals surface area contributed by atoms with E-state index in [9.17, 15) is 13.2 Å². The number of rotatable bonds is 2. The summed E-state index contributed by atoms with van der Waals surface area (Å²) in [6, 6.07) is 1.37. The molecule has 3 rings (SSSR count). The summed E-state index contributed by atoms with van der Waals surface area (Å²) < 4.78 is 27.0. The molecule has 1 spiro atoms. The van der Waals surface area contributed by atoms with E-state index in [0.29, 0.717) is 25.9 Å². The average molecular weight is 384 g/mol. The lowest BCUT2D eigenvalue weighted by Gasteiger charge is -2.42. The number of piperazine rings is 1. The zero-order valence-electron chi connectivity index (χ0n) is 11.6. The molecule has 10 heteroatoms. The molecule has 2 fully saturated rings. The smallest absolute Gasteiger partial charge is 0.252 e. The number of carbonyl (C=O) groups excluding carboxylic acids is 1. The Morgan fingerprint density at radius 2 is 1.91 bits per heavy atom. The molecule has 22 heavy (non-hydrogen) atoms. The second-order valence-electron chi connectivity index (χ2n) is 5.36. The molecular weight excluding hydrogens is 369 g/mol. The van der Waals surface area contributed by atoms with Crippen LogP contribution in [0.4, 0.5) is 0 Å². The molecule has 2 aliphatic rings. The van der Waals surface area contributed by atoms with Crippen LogP contribution in [0.2, 0.25) is 9.36 Å². The van der Waals surface area contributed by atoms with Crippen LogP contribution in [0, 0.1) is 0 Å². The van der Waals surface area contributed by atoms with E-state index in [1.54, 1.807) is 0 Å². The van der Waals surface area contributed by atoms with Crippen LogP contribution in [-0.4, -0.2) is 50.3 Å². The van der Waals surface area contributed by atoms with Crippen LogP contribution in [0.3, 0.4) is 0 Å². The number of nitrogens with one attached hydrogen (secondary N) is 2. The average Bonchev–Trinajstić information content (AvgIpc) is 2.83. The van der Waals surface area contributed by atoms with Crippen molar-refractivity contribution in [3.05, 3.63) is 15.4 Å². The number of amides is 1. The summed E-state index contributed by atoms with van der Waals surface area (Å²) in [5, 5.41) is 6.32. The van der Waals surface area contributed by atoms with Crippen molar-refractivity contribution in [1.82, 2.24) is 14.9 Å². The number of hydrogen-bond acceptors (Lipinski definition) is 5. The Balaban J connectivity index is 1.77. The summed E-state index contributed by atoms with van der Waals surface area (Å²) in [7, 11) is -3.61. The molecule has 1 aromatic rings. The maximum absolute atomic E-state index is 12.6. The van der Waals surface area contributed by atoms with E-state index in [4.69, 9.17) is 23.2 Å². The van der Waals surface area contributed by atoms with Crippen LogP contribution >= 0.6 is 34.5 Å². The van der Waals surface area contributed by atoms with Gasteiger partial charge >= 0.3 is 0 Å². The maximum atomic E-state index is 12.6. The predicted molar refractivity (Wildman–Crippen MR) is 86.1 cm³/mol. The van der Waals surface area contributed by atoms with Crippen LogP contribution in [0.5, 0.6) is 0 Å². The quantitative estimate of drug-likeness (QED) is 0.806. The molecule has 1 amide bonds. The fraction of sp³-hybridized carbons (Fsp3) is 0.583. The normalized spacial score (nSPS) is 22.7. The first-order valence-corrected chi connectivity index (χ1v) is 9.85. The van der Waals surface area contributed by atoms with Gasteiger partial charge in [0.15, 0.2) is 0 Å². The molecular formula is C12H15Cl2N3O3S2. The fourth-order valence-corrected chi connectivity index (χ4v) is 6.30. The molecule has 0 saturated carbocycles. The van der Waals surface area contributed by atoms with E-state index >= 15 is 0 Å². The van der Waals surface area contributed by atoms with Crippen LogP contribution in [0.15, 0.2) is 10.3 Å². The van der Waals surface area contributed by atoms with Gasteiger partial charge in [0.2, 0.25) is 5.91 Å². The van der Waals surface area contributed by atoms with E-state index < -0.39 is 15.6 Å². The van der Waals surface area contributed by atoms with Gasteiger partial charge in [-0.1, -0.05) is 23.2 Å². The van der Waals surface area contributed by atoms with Gasteiger partial charge in [-0.2, -0.15) is 4.31 Å². The minimum atomic E-state index is -3.61. The minimum Gasteiger partial charge on any atom is -0.353 e. The molecule has 2 N–H and O–H groups in total. The highest BCUT2D eigenvalue weighted by Gasteiger charge is 2.45. The topological polar surface area (TPSA) is 78.5 Å². The van der Waals surface area contributed by atoms with Gasteiger partial charge in [0.05, 0.1) is 5.02 Å². The molecule has 0 unspecified atom stereocenters. The van der Waals surface area contributed by atoms with Gasteiger partial charge < -0.3 is 10.6 Å². The van der Waals surface area contributed by atoms with Gasteiger partial charge in [-0.15, -0.1) is 11.3 Å². The van der Waals surface area contributed by atoms with Crippen LogP contribution in [0.1, 0.15) is 12.8 Å². The van der Waals surface area contributed by atoms with E-state index in [0.717, 1.165) is 11.3 Å². The molecule has 2 saturated heterocycles. The van der Waals surface area contributed by atoms with Gasteiger partial charge in [0.1, 0.15) is 14.1 Å². The van der Waals surface area contributed by atoms with Gasteiger partial charge in [-0.3, -0.25) is 4.79 Å². The Labute approximate surface area is 142 Å². The number of piperidine rings is 1. The SMILES string of the molecule is O=C1NCCNC12CCN(S(=O)(=O)c1cc(Cl)c(Cl)s1)CC2. The molecule has 0 atom stereocenters. The number of hydrogen-bond donors (Lipinski definition) is 2. The van der Waals surface area contributed by atoms with Crippen molar-refractivity contribution in [2.75, 3.05) is 26.2 Å². The van der Waals surface area contributed by atoms with Crippen molar-refractivity contribution < 1.29 is 13.2 Å². The minimum absolute atomic E-state index is 0.0435. The first-order valence-electron chi connectivity index (χ1n) is 6.83. The first kappa shape index (κ1) is 16.5. The third kappa shape index (κ3) is 2.76. The number of halogens is 2. The Morgan fingerprint density at radius 1 is 1.23 bits per heavy atom. The van der Waals surface area contributed by atoms with Gasteiger partial charge in [0.25, 0.3) is 10.0 Å². The Kier molecular flexibility index (Phi) is 4.43. The molecule has 1 aromatic heterocycles. The summed E-state index contributed by atoms with van der Waals surface area (Å²) >= 11 is 12.6. The molecule has 2 aliphatic heterocycles. The molecule has 0 aromatic carbocycles. The number of carbonyl (C=O) groups is 1. The number of thiophene rings is 1. The lowest BCUT2D eigenvalue weighted by Crippen LogP contribution is -2.66. The standard InChI is InChI=1S/C12H15Cl2N3O3S2/c13-8-7-9(21-10(8)14)22(19,20)17-5-1-12(2-6-17)11(18)15-3-4-16-12/h7,16H,1-6H2,(H,15,18). The summed E-state index contributed by atoms with van der Waals surface area (Å²) in [6.45, 7) is 1.88. The highest BCUT2D eigenvalue weighted by Crippen LogP contribution is 2.37. The largest absolute Gasteiger partial charge is 0.353 e. The van der Waals surface area contributed by atoms with E-state index in [-0.39, 0.29) is 32.6 Å². The number of sulfonamides is 1. The molecule has 6 nitrogen and oxygen atoms in total. The van der Waals surface area contributed by atoms with Crippen molar-refractivity contribution >= 4 is 50.5 Å². The Bertz CT molecular complexity index is 677. The summed E-state index contributed by atoms with van der Waals surface area (Å²) in [6.07, 6.45) is 0.899. The van der Waals surface area contributed by atoms with E-state index in [1.807, 2.05) is 0 Å². The van der Waals surface area contributed by atoms with Crippen molar-refractivity contribution in [3.8, 4) is 0 Å². The highest BCUT2D eigenvalue weighted by atomic mass is 35.5. The lowest BCUT2D eigenvalue weighted by molar-refractivity contribution is -0.131. The fourth-order valence-electron chi connectivity index (χ4n) is 2.82. The molecule has 0 aliphatic carbocycles. The third-order valence-corrected chi connectivity index (χ3v) is 8.31. The van der Waals surface area contributed by atoms with Gasteiger partial charge in [-0.05, 0) is 18.9 Å². The summed E-state index contributed by atoms with van der Waals surface area (Å²) in [5.41, 5.74) is -0.644. The first-order chi connectivity index (χ1) is 10.3. The van der Waals surface area contributed by atoms with Crippen molar-refractivity contribution in [2.24, 2.45) is 0 Å². The maximum Gasteiger partial charge on any atom is 0.252 e. The van der Waals surface area contributed by atoms with Crippen molar-refractivity contribution in [1.29, 1.82) is 0 Å². The predicted octanol–water partition coefficient (Wildman–Crippen LogP) is 1.30. The van der Waals surface area contributed by atoms with Gasteiger partial charge in [0, 0.05) is 26.2 Å². The Hall–Kier alpha value is -0.380. The second kappa shape index (κ2) is 5.92. The van der Waals surface area contributed by atoms with Crippen molar-refractivity contribution in [3.63, 3.8) is 0 Å². The Morgan fingerprint density at radius 3 is 2.45 bits per heavy atom. The molecule has 122 valence electrons. The second-order valence-corrected chi connectivity index (χ2v) is 9.58. The lowest BCUT2D eigenvalue weighted by atomic mass is 9.86. The monoisotopic (exact) mass is 383 g/mol. The summed E-state index contributed by atoms with van der Waals surface area (Å²) in [5.74, 6) is -0.0435. The summed E-state index contributed by atoms with van der Waals surface area (Å²) in [4.78, 5) is 12.1. The molecule has 0 bridgehead atoms. The zero-order valence-corrected chi connectivity index (χ0v) is 14.7. The van der Waals surface area contributed by atoms with Crippen molar-refractivity contribution in [2.45, 2.75) is 22.6 Å². The highest BCUT2D eigenvalue weighted by molar-refractivity contribution is 7.91. The van der Waals surface area contributed by atoms with Crippen LogP contribution in [-0.2, 0) is 14.8 Å². The van der Waals surface area contributed by atoms with Crippen LogP contribution < -0.4 is 10.6 Å². The third-order valence-electron chi connectivity index (χ3n) is 4.10. The number of nitrogens with zero attached hydrogens (tertiary/aromatic N) is 1. The van der Waals surface area contributed by atoms with E-state index in [1.165, 1.54) is 10.4 Å². The van der Waals surface area contributed by atoms with E-state index in [2.05, 4.69) is 10.6 Å². The molecule has 3 heterocycles.